The van der Waals surface area contributed by atoms with Crippen LogP contribution in [0.15, 0.2) is 42.5 Å². The zero-order valence-corrected chi connectivity index (χ0v) is 9.94. The Morgan fingerprint density at radius 1 is 0.941 bits per heavy atom. The van der Waals surface area contributed by atoms with Crippen LogP contribution in [0.2, 0.25) is 0 Å². The summed E-state index contributed by atoms with van der Waals surface area (Å²) in [6.45, 7) is 3.93. The summed E-state index contributed by atoms with van der Waals surface area (Å²) >= 11 is 0. The van der Waals surface area contributed by atoms with Crippen LogP contribution < -0.4 is 4.74 Å². The van der Waals surface area contributed by atoms with Gasteiger partial charge in [0, 0.05) is 5.56 Å². The first kappa shape index (κ1) is 11.4. The summed E-state index contributed by atoms with van der Waals surface area (Å²) in [5, 5.41) is 0. The van der Waals surface area contributed by atoms with E-state index in [0.717, 1.165) is 23.3 Å². The lowest BCUT2D eigenvalue weighted by atomic mass is 10.1. The molecule has 0 heterocycles. The predicted octanol–water partition coefficient (Wildman–Crippen LogP) is 3.91. The van der Waals surface area contributed by atoms with Gasteiger partial charge >= 0.3 is 0 Å². The highest BCUT2D eigenvalue weighted by atomic mass is 16.5. The molecule has 0 saturated heterocycles. The highest BCUT2D eigenvalue weighted by molar-refractivity contribution is 5.77. The molecule has 17 heavy (non-hydrogen) atoms. The van der Waals surface area contributed by atoms with Gasteiger partial charge in [0.25, 0.3) is 0 Å². The molecule has 0 aliphatic carbocycles. The van der Waals surface area contributed by atoms with Crippen molar-refractivity contribution in [2.24, 2.45) is 0 Å². The Morgan fingerprint density at radius 2 is 1.59 bits per heavy atom. The van der Waals surface area contributed by atoms with E-state index in [4.69, 9.17) is 4.74 Å². The van der Waals surface area contributed by atoms with Crippen LogP contribution in [-0.2, 0) is 0 Å². The maximum Gasteiger partial charge on any atom is 0.150 e. The first-order valence-electron chi connectivity index (χ1n) is 5.49. The van der Waals surface area contributed by atoms with Crippen molar-refractivity contribution in [1.29, 1.82) is 0 Å². The van der Waals surface area contributed by atoms with Crippen LogP contribution in [0.1, 0.15) is 21.5 Å². The summed E-state index contributed by atoms with van der Waals surface area (Å²) < 4.78 is 5.70. The fraction of sp³-hybridized carbons (Fsp3) is 0.133. The van der Waals surface area contributed by atoms with Crippen molar-refractivity contribution in [2.75, 3.05) is 0 Å². The largest absolute Gasteiger partial charge is 0.457 e. The second-order valence-electron chi connectivity index (χ2n) is 4.05. The van der Waals surface area contributed by atoms with E-state index < -0.39 is 0 Å². The van der Waals surface area contributed by atoms with Crippen LogP contribution in [0, 0.1) is 13.8 Å². The molecule has 86 valence electrons. The first-order valence-corrected chi connectivity index (χ1v) is 5.49. The van der Waals surface area contributed by atoms with Crippen LogP contribution in [0.4, 0.5) is 0 Å². The SMILES string of the molecule is Cc1ccc(Oc2ccc(C=O)c(C)c2)cc1. The Morgan fingerprint density at radius 3 is 2.18 bits per heavy atom. The molecule has 0 aliphatic heterocycles. The summed E-state index contributed by atoms with van der Waals surface area (Å²) in [6, 6.07) is 13.3. The minimum atomic E-state index is 0.696. The maximum atomic E-state index is 10.7. The highest BCUT2D eigenvalue weighted by Crippen LogP contribution is 2.23. The summed E-state index contributed by atoms with van der Waals surface area (Å²) in [4.78, 5) is 10.7. The Hall–Kier alpha value is -2.09. The van der Waals surface area contributed by atoms with Gasteiger partial charge in [-0.15, -0.1) is 0 Å². The summed E-state index contributed by atoms with van der Waals surface area (Å²) in [5.41, 5.74) is 2.82. The molecule has 0 saturated carbocycles. The molecule has 2 rings (SSSR count). The van der Waals surface area contributed by atoms with E-state index in [1.165, 1.54) is 5.56 Å². The van der Waals surface area contributed by atoms with E-state index in [-0.39, 0.29) is 0 Å². The number of carbonyl (C=O) groups is 1. The third-order valence-electron chi connectivity index (χ3n) is 2.62. The number of rotatable bonds is 3. The van der Waals surface area contributed by atoms with Crippen molar-refractivity contribution in [2.45, 2.75) is 13.8 Å². The number of aryl methyl sites for hydroxylation is 2. The minimum absolute atomic E-state index is 0.696. The fourth-order valence-corrected chi connectivity index (χ4v) is 1.59. The Labute approximate surface area is 101 Å². The van der Waals surface area contributed by atoms with Crippen molar-refractivity contribution < 1.29 is 9.53 Å². The van der Waals surface area contributed by atoms with Gasteiger partial charge in [-0.1, -0.05) is 17.7 Å². The smallest absolute Gasteiger partial charge is 0.150 e. The van der Waals surface area contributed by atoms with Gasteiger partial charge in [-0.25, -0.2) is 0 Å². The van der Waals surface area contributed by atoms with E-state index in [9.17, 15) is 4.79 Å². The van der Waals surface area contributed by atoms with Gasteiger partial charge < -0.3 is 4.74 Å². The molecule has 2 nitrogen and oxygen atoms in total. The van der Waals surface area contributed by atoms with Crippen LogP contribution in [0.5, 0.6) is 11.5 Å². The minimum Gasteiger partial charge on any atom is -0.457 e. The zero-order chi connectivity index (χ0) is 12.3. The molecule has 0 atom stereocenters. The zero-order valence-electron chi connectivity index (χ0n) is 9.94. The van der Waals surface area contributed by atoms with Gasteiger partial charge in [-0.3, -0.25) is 4.79 Å². The monoisotopic (exact) mass is 226 g/mol. The lowest BCUT2D eigenvalue weighted by Crippen LogP contribution is -1.89. The molecule has 0 aromatic heterocycles. The molecule has 0 aliphatic rings. The highest BCUT2D eigenvalue weighted by Gasteiger charge is 2.01. The van der Waals surface area contributed by atoms with Crippen LogP contribution in [0.25, 0.3) is 0 Å². The Bertz CT molecular complexity index is 527. The van der Waals surface area contributed by atoms with Crippen LogP contribution in [-0.4, -0.2) is 6.29 Å². The third-order valence-corrected chi connectivity index (χ3v) is 2.62. The normalized spacial score (nSPS) is 10.0. The van der Waals surface area contributed by atoms with Crippen LogP contribution >= 0.6 is 0 Å². The maximum absolute atomic E-state index is 10.7. The molecule has 0 spiro atoms. The topological polar surface area (TPSA) is 26.3 Å². The number of aldehydes is 1. The van der Waals surface area contributed by atoms with Crippen molar-refractivity contribution in [3.63, 3.8) is 0 Å². The number of benzene rings is 2. The van der Waals surface area contributed by atoms with Crippen molar-refractivity contribution >= 4 is 6.29 Å². The molecule has 0 radical (unpaired) electrons. The van der Waals surface area contributed by atoms with Crippen molar-refractivity contribution in [3.05, 3.63) is 59.2 Å². The predicted molar refractivity (Wildman–Crippen MR) is 67.8 cm³/mol. The van der Waals surface area contributed by atoms with Gasteiger partial charge in [-0.05, 0) is 49.7 Å². The lowest BCUT2D eigenvalue weighted by molar-refractivity contribution is 0.112. The molecule has 0 N–H and O–H groups in total. The van der Waals surface area contributed by atoms with E-state index in [2.05, 4.69) is 0 Å². The standard InChI is InChI=1S/C15H14O2/c1-11-3-6-14(7-4-11)17-15-8-5-13(10-16)12(2)9-15/h3-10H,1-2H3. The number of carbonyl (C=O) groups excluding carboxylic acids is 1. The lowest BCUT2D eigenvalue weighted by Gasteiger charge is -2.07. The fourth-order valence-electron chi connectivity index (χ4n) is 1.59. The molecule has 2 aromatic carbocycles. The van der Waals surface area contributed by atoms with Crippen molar-refractivity contribution in [1.82, 2.24) is 0 Å². The first-order chi connectivity index (χ1) is 8.19. The van der Waals surface area contributed by atoms with E-state index in [1.807, 2.05) is 44.2 Å². The molecule has 0 bridgehead atoms. The van der Waals surface area contributed by atoms with Gasteiger partial charge in [-0.2, -0.15) is 0 Å². The molecular weight excluding hydrogens is 212 g/mol. The molecule has 2 heteroatoms. The van der Waals surface area contributed by atoms with E-state index >= 15 is 0 Å². The second kappa shape index (κ2) is 4.83. The number of hydrogen-bond acceptors (Lipinski definition) is 2. The summed E-state index contributed by atoms with van der Waals surface area (Å²) in [7, 11) is 0. The molecule has 0 amide bonds. The van der Waals surface area contributed by atoms with Gasteiger partial charge in [0.15, 0.2) is 0 Å². The number of ether oxygens (including phenoxy) is 1. The van der Waals surface area contributed by atoms with E-state index in [0.29, 0.717) is 5.56 Å². The Kier molecular flexibility index (Phi) is 3.24. The quantitative estimate of drug-likeness (QED) is 0.742. The van der Waals surface area contributed by atoms with Gasteiger partial charge in [0.05, 0.1) is 0 Å². The molecule has 2 aromatic rings. The molecule has 0 unspecified atom stereocenters. The summed E-state index contributed by atoms with van der Waals surface area (Å²) in [5.74, 6) is 1.55. The molecular formula is C15H14O2. The second-order valence-corrected chi connectivity index (χ2v) is 4.05. The molecule has 0 fully saturated rings. The average molecular weight is 226 g/mol. The van der Waals surface area contributed by atoms with Gasteiger partial charge in [0.2, 0.25) is 0 Å². The average Bonchev–Trinajstić information content (AvgIpc) is 2.32. The van der Waals surface area contributed by atoms with Gasteiger partial charge in [0.1, 0.15) is 17.8 Å². The van der Waals surface area contributed by atoms with Crippen LogP contribution in [0.3, 0.4) is 0 Å². The third kappa shape index (κ3) is 2.72. The van der Waals surface area contributed by atoms with E-state index in [1.54, 1.807) is 12.1 Å². The number of hydrogen-bond donors (Lipinski definition) is 0. The Balaban J connectivity index is 2.21. The summed E-state index contributed by atoms with van der Waals surface area (Å²) in [6.07, 6.45) is 0.852. The van der Waals surface area contributed by atoms with Crippen molar-refractivity contribution in [3.8, 4) is 11.5 Å².